The van der Waals surface area contributed by atoms with Gasteiger partial charge in [0.25, 0.3) is 0 Å². The quantitative estimate of drug-likeness (QED) is 0.868. The van der Waals surface area contributed by atoms with Crippen LogP contribution < -0.4 is 5.32 Å². The third-order valence-corrected chi connectivity index (χ3v) is 3.70. The Morgan fingerprint density at radius 3 is 2.71 bits per heavy atom. The van der Waals surface area contributed by atoms with Gasteiger partial charge in [0.2, 0.25) is 0 Å². The Kier molecular flexibility index (Phi) is 3.60. The van der Waals surface area contributed by atoms with E-state index < -0.39 is 0 Å². The van der Waals surface area contributed by atoms with E-state index in [2.05, 4.69) is 45.5 Å². The molecule has 0 radical (unpaired) electrons. The average molecular weight is 254 g/mol. The van der Waals surface area contributed by atoms with E-state index in [0.29, 0.717) is 0 Å². The van der Waals surface area contributed by atoms with Crippen LogP contribution in [0.3, 0.4) is 0 Å². The minimum absolute atomic E-state index is 0.942. The summed E-state index contributed by atoms with van der Waals surface area (Å²) in [5.41, 5.74) is 1.35. The summed E-state index contributed by atoms with van der Waals surface area (Å²) in [6.45, 7) is 2.17. The Bertz CT molecular complexity index is 294. The van der Waals surface area contributed by atoms with Crippen molar-refractivity contribution in [3.8, 4) is 0 Å². The molecule has 1 aliphatic rings. The van der Waals surface area contributed by atoms with Crippen molar-refractivity contribution >= 4 is 15.9 Å². The second kappa shape index (κ2) is 4.94. The van der Waals surface area contributed by atoms with Gasteiger partial charge in [-0.05, 0) is 36.9 Å². The third kappa shape index (κ3) is 2.58. The van der Waals surface area contributed by atoms with Gasteiger partial charge in [-0.1, -0.05) is 40.5 Å². The predicted molar refractivity (Wildman–Crippen MR) is 63.2 cm³/mol. The smallest absolute Gasteiger partial charge is 0.0220 e. The number of nitrogens with one attached hydrogen (secondary N) is 1. The van der Waals surface area contributed by atoms with Gasteiger partial charge >= 0.3 is 0 Å². The van der Waals surface area contributed by atoms with Crippen LogP contribution in [-0.2, 0) is 6.54 Å². The molecule has 0 aromatic heterocycles. The summed E-state index contributed by atoms with van der Waals surface area (Å²) in [6, 6.07) is 8.41. The van der Waals surface area contributed by atoms with Gasteiger partial charge in [-0.2, -0.15) is 0 Å². The fourth-order valence-corrected chi connectivity index (χ4v) is 2.17. The fourth-order valence-electron chi connectivity index (χ4n) is 1.75. The highest BCUT2D eigenvalue weighted by Gasteiger charge is 2.16. The largest absolute Gasteiger partial charge is 0.312 e. The van der Waals surface area contributed by atoms with Crippen LogP contribution in [-0.4, -0.2) is 6.54 Å². The highest BCUT2D eigenvalue weighted by Crippen LogP contribution is 2.25. The van der Waals surface area contributed by atoms with Gasteiger partial charge in [0.1, 0.15) is 0 Å². The van der Waals surface area contributed by atoms with Gasteiger partial charge < -0.3 is 5.32 Å². The van der Waals surface area contributed by atoms with Crippen molar-refractivity contribution in [3.05, 3.63) is 34.3 Å². The first-order valence-electron chi connectivity index (χ1n) is 5.30. The minimum Gasteiger partial charge on any atom is -0.312 e. The van der Waals surface area contributed by atoms with Gasteiger partial charge in [0.05, 0.1) is 0 Å². The zero-order valence-corrected chi connectivity index (χ0v) is 9.89. The van der Waals surface area contributed by atoms with Crippen LogP contribution in [0.1, 0.15) is 24.8 Å². The molecule has 0 aliphatic heterocycles. The van der Waals surface area contributed by atoms with Crippen molar-refractivity contribution in [1.29, 1.82) is 0 Å². The molecule has 1 fully saturated rings. The molecule has 1 aromatic carbocycles. The molecular formula is C12H16BrN. The Balaban J connectivity index is 1.76. The standard InChI is InChI=1S/C12H16BrN/c13-12-7-2-1-6-11(12)9-14-8-10-4-3-5-10/h1-2,6-7,10,14H,3-5,8-9H2. The highest BCUT2D eigenvalue weighted by molar-refractivity contribution is 9.10. The molecule has 0 bridgehead atoms. The molecule has 0 saturated heterocycles. The second-order valence-corrected chi connectivity index (χ2v) is 4.87. The van der Waals surface area contributed by atoms with Gasteiger partial charge in [-0.15, -0.1) is 0 Å². The SMILES string of the molecule is Brc1ccccc1CNCC1CCC1. The normalized spacial score (nSPS) is 16.6. The van der Waals surface area contributed by atoms with E-state index in [4.69, 9.17) is 0 Å². The van der Waals surface area contributed by atoms with E-state index >= 15 is 0 Å². The summed E-state index contributed by atoms with van der Waals surface area (Å²) in [5, 5.41) is 3.51. The van der Waals surface area contributed by atoms with Crippen LogP contribution in [0.25, 0.3) is 0 Å². The van der Waals surface area contributed by atoms with E-state index in [1.165, 1.54) is 35.8 Å². The van der Waals surface area contributed by atoms with Crippen LogP contribution in [0.2, 0.25) is 0 Å². The first-order chi connectivity index (χ1) is 6.86. The van der Waals surface area contributed by atoms with Crippen molar-refractivity contribution in [1.82, 2.24) is 5.32 Å². The van der Waals surface area contributed by atoms with Gasteiger partial charge in [0.15, 0.2) is 0 Å². The second-order valence-electron chi connectivity index (χ2n) is 4.02. The Morgan fingerprint density at radius 2 is 2.07 bits per heavy atom. The van der Waals surface area contributed by atoms with Crippen molar-refractivity contribution in [2.24, 2.45) is 5.92 Å². The van der Waals surface area contributed by atoms with Crippen LogP contribution >= 0.6 is 15.9 Å². The lowest BCUT2D eigenvalue weighted by molar-refractivity contribution is 0.301. The molecule has 0 unspecified atom stereocenters. The van der Waals surface area contributed by atoms with Crippen LogP contribution in [0.15, 0.2) is 28.7 Å². The molecule has 1 saturated carbocycles. The molecule has 1 aromatic rings. The lowest BCUT2D eigenvalue weighted by Gasteiger charge is -2.25. The molecule has 76 valence electrons. The number of rotatable bonds is 4. The molecule has 0 amide bonds. The molecule has 2 rings (SSSR count). The van der Waals surface area contributed by atoms with Gasteiger partial charge in [-0.3, -0.25) is 0 Å². The van der Waals surface area contributed by atoms with E-state index in [1.54, 1.807) is 0 Å². The Hall–Kier alpha value is -0.340. The van der Waals surface area contributed by atoms with E-state index in [1.807, 2.05) is 0 Å². The molecule has 1 nitrogen and oxygen atoms in total. The lowest BCUT2D eigenvalue weighted by atomic mass is 9.85. The van der Waals surface area contributed by atoms with Gasteiger partial charge in [0, 0.05) is 11.0 Å². The first-order valence-corrected chi connectivity index (χ1v) is 6.09. The fraction of sp³-hybridized carbons (Fsp3) is 0.500. The van der Waals surface area contributed by atoms with E-state index in [-0.39, 0.29) is 0 Å². The first kappa shape index (κ1) is 10.2. The highest BCUT2D eigenvalue weighted by atomic mass is 79.9. The Labute approximate surface area is 94.0 Å². The lowest BCUT2D eigenvalue weighted by Crippen LogP contribution is -2.26. The summed E-state index contributed by atoms with van der Waals surface area (Å²) >= 11 is 3.55. The topological polar surface area (TPSA) is 12.0 Å². The molecule has 0 atom stereocenters. The maximum Gasteiger partial charge on any atom is 0.0220 e. The zero-order valence-electron chi connectivity index (χ0n) is 8.30. The van der Waals surface area contributed by atoms with Crippen molar-refractivity contribution < 1.29 is 0 Å². The van der Waals surface area contributed by atoms with Crippen molar-refractivity contribution in [3.63, 3.8) is 0 Å². The summed E-state index contributed by atoms with van der Waals surface area (Å²) in [6.07, 6.45) is 4.27. The Morgan fingerprint density at radius 1 is 1.29 bits per heavy atom. The monoisotopic (exact) mass is 253 g/mol. The molecule has 1 aliphatic carbocycles. The predicted octanol–water partition coefficient (Wildman–Crippen LogP) is 3.34. The molecule has 0 spiro atoms. The molecule has 1 N–H and O–H groups in total. The van der Waals surface area contributed by atoms with Crippen LogP contribution in [0.5, 0.6) is 0 Å². The van der Waals surface area contributed by atoms with E-state index in [9.17, 15) is 0 Å². The number of hydrogen-bond acceptors (Lipinski definition) is 1. The number of benzene rings is 1. The maximum atomic E-state index is 3.55. The molecular weight excluding hydrogens is 238 g/mol. The van der Waals surface area contributed by atoms with Crippen molar-refractivity contribution in [2.75, 3.05) is 6.54 Å². The molecule has 14 heavy (non-hydrogen) atoms. The van der Waals surface area contributed by atoms with Gasteiger partial charge in [-0.25, -0.2) is 0 Å². The average Bonchev–Trinajstić information content (AvgIpc) is 2.12. The summed E-state index contributed by atoms with van der Waals surface area (Å²) in [7, 11) is 0. The van der Waals surface area contributed by atoms with Crippen molar-refractivity contribution in [2.45, 2.75) is 25.8 Å². The minimum atomic E-state index is 0.942. The third-order valence-electron chi connectivity index (χ3n) is 2.93. The van der Waals surface area contributed by atoms with E-state index in [0.717, 1.165) is 12.5 Å². The summed E-state index contributed by atoms with van der Waals surface area (Å²) in [5.74, 6) is 0.942. The summed E-state index contributed by atoms with van der Waals surface area (Å²) in [4.78, 5) is 0. The van der Waals surface area contributed by atoms with Crippen LogP contribution in [0, 0.1) is 5.92 Å². The number of halogens is 1. The maximum absolute atomic E-state index is 3.55. The zero-order chi connectivity index (χ0) is 9.80. The molecule has 2 heteroatoms. The molecule has 0 heterocycles. The number of hydrogen-bond donors (Lipinski definition) is 1. The van der Waals surface area contributed by atoms with Crippen LogP contribution in [0.4, 0.5) is 0 Å². The summed E-state index contributed by atoms with van der Waals surface area (Å²) < 4.78 is 1.21.